The van der Waals surface area contributed by atoms with E-state index in [0.29, 0.717) is 5.92 Å². The summed E-state index contributed by atoms with van der Waals surface area (Å²) in [5, 5.41) is 6.52. The molecule has 94 valence electrons. The molecule has 1 aliphatic heterocycles. The molecule has 1 aromatic heterocycles. The Kier molecular flexibility index (Phi) is 3.78. The lowest BCUT2D eigenvalue weighted by atomic mass is 10.2. The standard InChI is InChI=1S/C12H21N5/c1-9-7-14-4-5-17(8-9)12-6-11(13-3)15-10(2)16-12/h6,9,14H,4-5,7-8H2,1-3H3,(H,13,15,16). The zero-order valence-electron chi connectivity index (χ0n) is 10.8. The number of aryl methyl sites for hydroxylation is 1. The molecule has 1 saturated heterocycles. The van der Waals surface area contributed by atoms with Gasteiger partial charge in [0, 0.05) is 32.7 Å². The van der Waals surface area contributed by atoms with Gasteiger partial charge in [-0.25, -0.2) is 9.97 Å². The zero-order valence-corrected chi connectivity index (χ0v) is 10.8. The van der Waals surface area contributed by atoms with E-state index >= 15 is 0 Å². The fourth-order valence-electron chi connectivity index (χ4n) is 2.14. The predicted molar refractivity (Wildman–Crippen MR) is 70.6 cm³/mol. The van der Waals surface area contributed by atoms with Gasteiger partial charge in [-0.3, -0.25) is 0 Å². The highest BCUT2D eigenvalue weighted by atomic mass is 15.2. The maximum Gasteiger partial charge on any atom is 0.134 e. The number of hydrogen-bond acceptors (Lipinski definition) is 5. The van der Waals surface area contributed by atoms with Gasteiger partial charge in [0.25, 0.3) is 0 Å². The smallest absolute Gasteiger partial charge is 0.134 e. The Morgan fingerprint density at radius 1 is 1.47 bits per heavy atom. The van der Waals surface area contributed by atoms with Gasteiger partial charge in [-0.05, 0) is 19.4 Å². The molecule has 2 heterocycles. The summed E-state index contributed by atoms with van der Waals surface area (Å²) in [6.07, 6.45) is 0. The van der Waals surface area contributed by atoms with Crippen LogP contribution in [0.3, 0.4) is 0 Å². The zero-order chi connectivity index (χ0) is 12.3. The SMILES string of the molecule is CNc1cc(N2CCNCC(C)C2)nc(C)n1. The van der Waals surface area contributed by atoms with Crippen LogP contribution in [0.1, 0.15) is 12.7 Å². The van der Waals surface area contributed by atoms with Gasteiger partial charge in [-0.1, -0.05) is 6.92 Å². The lowest BCUT2D eigenvalue weighted by Crippen LogP contribution is -2.30. The van der Waals surface area contributed by atoms with Crippen molar-refractivity contribution in [2.24, 2.45) is 5.92 Å². The molecule has 0 bridgehead atoms. The minimum Gasteiger partial charge on any atom is -0.373 e. The molecule has 1 aromatic rings. The van der Waals surface area contributed by atoms with Crippen molar-refractivity contribution in [3.8, 4) is 0 Å². The van der Waals surface area contributed by atoms with Crippen molar-refractivity contribution in [2.75, 3.05) is 43.4 Å². The first-order chi connectivity index (χ1) is 8.19. The van der Waals surface area contributed by atoms with Crippen LogP contribution in [0.2, 0.25) is 0 Å². The van der Waals surface area contributed by atoms with E-state index in [1.807, 2.05) is 20.0 Å². The van der Waals surface area contributed by atoms with Crippen LogP contribution in [0, 0.1) is 12.8 Å². The van der Waals surface area contributed by atoms with Crippen LogP contribution in [0.15, 0.2) is 6.07 Å². The van der Waals surface area contributed by atoms with Crippen LogP contribution in [-0.4, -0.2) is 43.2 Å². The monoisotopic (exact) mass is 235 g/mol. The highest BCUT2D eigenvalue weighted by Crippen LogP contribution is 2.17. The number of rotatable bonds is 2. The largest absolute Gasteiger partial charge is 0.373 e. The fourth-order valence-corrected chi connectivity index (χ4v) is 2.14. The molecule has 1 aliphatic rings. The molecular weight excluding hydrogens is 214 g/mol. The Morgan fingerprint density at radius 2 is 2.29 bits per heavy atom. The number of nitrogens with one attached hydrogen (secondary N) is 2. The molecule has 0 spiro atoms. The summed E-state index contributed by atoms with van der Waals surface area (Å²) in [7, 11) is 1.89. The summed E-state index contributed by atoms with van der Waals surface area (Å²) in [6, 6.07) is 2.02. The average Bonchev–Trinajstić information content (AvgIpc) is 2.53. The van der Waals surface area contributed by atoms with E-state index in [1.165, 1.54) is 0 Å². The minimum absolute atomic E-state index is 0.644. The van der Waals surface area contributed by atoms with Gasteiger partial charge in [-0.2, -0.15) is 0 Å². The van der Waals surface area contributed by atoms with Crippen LogP contribution in [0.5, 0.6) is 0 Å². The average molecular weight is 235 g/mol. The summed E-state index contributed by atoms with van der Waals surface area (Å²) >= 11 is 0. The second kappa shape index (κ2) is 5.31. The van der Waals surface area contributed by atoms with Crippen LogP contribution in [-0.2, 0) is 0 Å². The lowest BCUT2D eigenvalue weighted by Gasteiger charge is -2.23. The Bertz CT molecular complexity index is 379. The van der Waals surface area contributed by atoms with Gasteiger partial charge in [0.15, 0.2) is 0 Å². The molecule has 1 fully saturated rings. The third kappa shape index (κ3) is 3.06. The summed E-state index contributed by atoms with van der Waals surface area (Å²) in [6.45, 7) is 8.35. The maximum atomic E-state index is 4.53. The lowest BCUT2D eigenvalue weighted by molar-refractivity contribution is 0.562. The molecular formula is C12H21N5. The molecule has 17 heavy (non-hydrogen) atoms. The molecule has 0 amide bonds. The van der Waals surface area contributed by atoms with E-state index in [2.05, 4.69) is 32.4 Å². The minimum atomic E-state index is 0.644. The molecule has 2 N–H and O–H groups in total. The summed E-state index contributed by atoms with van der Waals surface area (Å²) < 4.78 is 0. The van der Waals surface area contributed by atoms with Gasteiger partial charge in [-0.15, -0.1) is 0 Å². The highest BCUT2D eigenvalue weighted by Gasteiger charge is 2.16. The molecule has 0 saturated carbocycles. The summed E-state index contributed by atoms with van der Waals surface area (Å²) in [5.41, 5.74) is 0. The Hall–Kier alpha value is -1.36. The molecule has 5 nitrogen and oxygen atoms in total. The van der Waals surface area contributed by atoms with Crippen molar-refractivity contribution >= 4 is 11.6 Å². The summed E-state index contributed by atoms with van der Waals surface area (Å²) in [5.74, 6) is 3.37. The first kappa shape index (κ1) is 12.1. The second-order valence-corrected chi connectivity index (χ2v) is 4.66. The van der Waals surface area contributed by atoms with Crippen molar-refractivity contribution in [3.05, 3.63) is 11.9 Å². The van der Waals surface area contributed by atoms with Crippen molar-refractivity contribution in [1.29, 1.82) is 0 Å². The second-order valence-electron chi connectivity index (χ2n) is 4.66. The summed E-state index contributed by atoms with van der Waals surface area (Å²) in [4.78, 5) is 11.2. The molecule has 1 atom stereocenters. The molecule has 0 aliphatic carbocycles. The van der Waals surface area contributed by atoms with Crippen LogP contribution in [0.4, 0.5) is 11.6 Å². The Morgan fingerprint density at radius 3 is 3.06 bits per heavy atom. The van der Waals surface area contributed by atoms with E-state index in [-0.39, 0.29) is 0 Å². The molecule has 0 aromatic carbocycles. The molecule has 5 heteroatoms. The van der Waals surface area contributed by atoms with E-state index in [0.717, 1.165) is 43.6 Å². The van der Waals surface area contributed by atoms with Crippen molar-refractivity contribution in [2.45, 2.75) is 13.8 Å². The van der Waals surface area contributed by atoms with Crippen LogP contribution in [0.25, 0.3) is 0 Å². The van der Waals surface area contributed by atoms with Gasteiger partial charge in [0.2, 0.25) is 0 Å². The Labute approximate surface area is 103 Å². The molecule has 2 rings (SSSR count). The third-order valence-corrected chi connectivity index (χ3v) is 2.99. The number of anilines is 2. The van der Waals surface area contributed by atoms with Gasteiger partial charge >= 0.3 is 0 Å². The normalized spacial score (nSPS) is 21.1. The van der Waals surface area contributed by atoms with Crippen molar-refractivity contribution in [3.63, 3.8) is 0 Å². The molecule has 0 radical (unpaired) electrons. The topological polar surface area (TPSA) is 53.1 Å². The number of nitrogens with zero attached hydrogens (tertiary/aromatic N) is 3. The van der Waals surface area contributed by atoms with E-state index in [9.17, 15) is 0 Å². The van der Waals surface area contributed by atoms with Gasteiger partial charge < -0.3 is 15.5 Å². The number of hydrogen-bond donors (Lipinski definition) is 2. The van der Waals surface area contributed by atoms with Crippen LogP contribution < -0.4 is 15.5 Å². The fraction of sp³-hybridized carbons (Fsp3) is 0.667. The van der Waals surface area contributed by atoms with Gasteiger partial charge in [0.05, 0.1) is 0 Å². The van der Waals surface area contributed by atoms with Crippen molar-refractivity contribution in [1.82, 2.24) is 15.3 Å². The van der Waals surface area contributed by atoms with Crippen LogP contribution >= 0.6 is 0 Å². The number of aromatic nitrogens is 2. The van der Waals surface area contributed by atoms with Gasteiger partial charge in [0.1, 0.15) is 17.5 Å². The Balaban J connectivity index is 2.22. The van der Waals surface area contributed by atoms with E-state index in [1.54, 1.807) is 0 Å². The molecule has 1 unspecified atom stereocenters. The van der Waals surface area contributed by atoms with E-state index < -0.39 is 0 Å². The maximum absolute atomic E-state index is 4.53. The highest BCUT2D eigenvalue weighted by molar-refractivity contribution is 5.49. The first-order valence-corrected chi connectivity index (χ1v) is 6.18. The first-order valence-electron chi connectivity index (χ1n) is 6.18. The third-order valence-electron chi connectivity index (χ3n) is 2.99. The van der Waals surface area contributed by atoms with Crippen molar-refractivity contribution < 1.29 is 0 Å². The quantitative estimate of drug-likeness (QED) is 0.796. The predicted octanol–water partition coefficient (Wildman–Crippen LogP) is 0.872. The van der Waals surface area contributed by atoms with E-state index in [4.69, 9.17) is 0 Å².